The van der Waals surface area contributed by atoms with Gasteiger partial charge in [0.15, 0.2) is 0 Å². The van der Waals surface area contributed by atoms with Crippen molar-refractivity contribution >= 4 is 0 Å². The third kappa shape index (κ3) is 3.83. The van der Waals surface area contributed by atoms with E-state index in [4.69, 9.17) is 4.74 Å². The second kappa shape index (κ2) is 6.39. The SMILES string of the molecule is CC(Cc1ccccc1O)OC(C)c1ccccc1. The van der Waals surface area contributed by atoms with Gasteiger partial charge in [0.05, 0.1) is 12.2 Å². The molecule has 2 nitrogen and oxygen atoms in total. The van der Waals surface area contributed by atoms with Crippen LogP contribution < -0.4 is 0 Å². The van der Waals surface area contributed by atoms with Crippen molar-refractivity contribution in [2.75, 3.05) is 0 Å². The van der Waals surface area contributed by atoms with Gasteiger partial charge in [0, 0.05) is 6.42 Å². The number of hydrogen-bond acceptors (Lipinski definition) is 2. The number of phenols is 1. The van der Waals surface area contributed by atoms with E-state index in [1.165, 1.54) is 5.56 Å². The molecule has 1 N–H and O–H groups in total. The Bertz CT molecular complexity index is 508. The maximum atomic E-state index is 9.76. The Balaban J connectivity index is 1.95. The van der Waals surface area contributed by atoms with Crippen molar-refractivity contribution in [3.63, 3.8) is 0 Å². The van der Waals surface area contributed by atoms with Gasteiger partial charge in [-0.3, -0.25) is 0 Å². The van der Waals surface area contributed by atoms with Crippen LogP contribution in [0.2, 0.25) is 0 Å². The zero-order valence-electron chi connectivity index (χ0n) is 11.4. The predicted molar refractivity (Wildman–Crippen MR) is 77.2 cm³/mol. The summed E-state index contributed by atoms with van der Waals surface area (Å²) in [4.78, 5) is 0. The largest absolute Gasteiger partial charge is 0.508 e. The Morgan fingerprint density at radius 3 is 2.26 bits per heavy atom. The lowest BCUT2D eigenvalue weighted by Gasteiger charge is -2.20. The van der Waals surface area contributed by atoms with Crippen LogP contribution in [0.5, 0.6) is 5.75 Å². The molecule has 19 heavy (non-hydrogen) atoms. The van der Waals surface area contributed by atoms with Crippen LogP contribution in [0.15, 0.2) is 54.6 Å². The zero-order valence-corrected chi connectivity index (χ0v) is 11.4. The number of rotatable bonds is 5. The lowest BCUT2D eigenvalue weighted by molar-refractivity contribution is 0.00742. The number of para-hydroxylation sites is 1. The normalized spacial score (nSPS) is 14.0. The van der Waals surface area contributed by atoms with Gasteiger partial charge in [0.25, 0.3) is 0 Å². The van der Waals surface area contributed by atoms with E-state index in [1.54, 1.807) is 6.07 Å². The number of aromatic hydroxyl groups is 1. The Labute approximate surface area is 114 Å². The third-order valence-electron chi connectivity index (χ3n) is 3.20. The molecule has 0 aliphatic rings. The fourth-order valence-electron chi connectivity index (χ4n) is 2.19. The summed E-state index contributed by atoms with van der Waals surface area (Å²) in [5.74, 6) is 0.338. The van der Waals surface area contributed by atoms with E-state index >= 15 is 0 Å². The Kier molecular flexibility index (Phi) is 4.58. The molecule has 0 heterocycles. The van der Waals surface area contributed by atoms with E-state index in [0.717, 1.165) is 5.56 Å². The van der Waals surface area contributed by atoms with Crippen LogP contribution >= 0.6 is 0 Å². The van der Waals surface area contributed by atoms with Crippen LogP contribution in [0.3, 0.4) is 0 Å². The first-order chi connectivity index (χ1) is 9.16. The Morgan fingerprint density at radius 1 is 0.947 bits per heavy atom. The molecule has 2 aromatic carbocycles. The number of phenolic OH excluding ortho intramolecular Hbond substituents is 1. The minimum atomic E-state index is 0.0575. The fourth-order valence-corrected chi connectivity index (χ4v) is 2.19. The maximum Gasteiger partial charge on any atom is 0.118 e. The molecule has 0 radical (unpaired) electrons. The Hall–Kier alpha value is -1.80. The van der Waals surface area contributed by atoms with E-state index < -0.39 is 0 Å². The summed E-state index contributed by atoms with van der Waals surface area (Å²) >= 11 is 0. The van der Waals surface area contributed by atoms with Crippen LogP contribution in [0, 0.1) is 0 Å². The first kappa shape index (κ1) is 13.6. The summed E-state index contributed by atoms with van der Waals surface area (Å²) in [6, 6.07) is 17.6. The second-order valence-electron chi connectivity index (χ2n) is 4.83. The highest BCUT2D eigenvalue weighted by Crippen LogP contribution is 2.22. The van der Waals surface area contributed by atoms with Crippen molar-refractivity contribution in [2.24, 2.45) is 0 Å². The molecular formula is C17H20O2. The van der Waals surface area contributed by atoms with Gasteiger partial charge in [-0.15, -0.1) is 0 Å². The Morgan fingerprint density at radius 2 is 1.58 bits per heavy atom. The van der Waals surface area contributed by atoms with E-state index in [-0.39, 0.29) is 12.2 Å². The van der Waals surface area contributed by atoms with Gasteiger partial charge in [-0.25, -0.2) is 0 Å². The summed E-state index contributed by atoms with van der Waals surface area (Å²) in [6.07, 6.45) is 0.828. The van der Waals surface area contributed by atoms with Crippen molar-refractivity contribution in [3.05, 3.63) is 65.7 Å². The van der Waals surface area contributed by atoms with Crippen LogP contribution in [0.25, 0.3) is 0 Å². The smallest absolute Gasteiger partial charge is 0.118 e. The van der Waals surface area contributed by atoms with Crippen LogP contribution in [0.1, 0.15) is 31.1 Å². The monoisotopic (exact) mass is 256 g/mol. The van der Waals surface area contributed by atoms with Crippen molar-refractivity contribution in [3.8, 4) is 5.75 Å². The third-order valence-corrected chi connectivity index (χ3v) is 3.20. The fraction of sp³-hybridized carbons (Fsp3) is 0.294. The average Bonchev–Trinajstić information content (AvgIpc) is 2.42. The van der Waals surface area contributed by atoms with E-state index in [9.17, 15) is 5.11 Å². The maximum absolute atomic E-state index is 9.76. The summed E-state index contributed by atoms with van der Waals surface area (Å²) in [6.45, 7) is 4.09. The van der Waals surface area contributed by atoms with E-state index in [1.807, 2.05) is 43.3 Å². The molecule has 2 atom stereocenters. The highest BCUT2D eigenvalue weighted by molar-refractivity contribution is 5.32. The predicted octanol–water partition coefficient (Wildman–Crippen LogP) is 4.10. The molecule has 2 rings (SSSR count). The van der Waals surface area contributed by atoms with Crippen molar-refractivity contribution in [1.29, 1.82) is 0 Å². The van der Waals surface area contributed by atoms with Crippen molar-refractivity contribution < 1.29 is 9.84 Å². The molecule has 0 aliphatic carbocycles. The van der Waals surface area contributed by atoms with Gasteiger partial charge in [-0.2, -0.15) is 0 Å². The summed E-state index contributed by atoms with van der Waals surface area (Å²) in [5.41, 5.74) is 2.10. The van der Waals surface area contributed by atoms with E-state index in [2.05, 4.69) is 19.1 Å². The highest BCUT2D eigenvalue weighted by atomic mass is 16.5. The van der Waals surface area contributed by atoms with Crippen LogP contribution in [-0.2, 0) is 11.2 Å². The van der Waals surface area contributed by atoms with Crippen molar-refractivity contribution in [2.45, 2.75) is 32.5 Å². The zero-order chi connectivity index (χ0) is 13.7. The van der Waals surface area contributed by atoms with Crippen LogP contribution in [0.4, 0.5) is 0 Å². The average molecular weight is 256 g/mol. The standard InChI is InChI=1S/C17H20O2/c1-13(12-16-10-6-7-11-17(16)18)19-14(2)15-8-4-3-5-9-15/h3-11,13-14,18H,12H2,1-2H3. The number of ether oxygens (including phenoxy) is 1. The lowest BCUT2D eigenvalue weighted by Crippen LogP contribution is -2.14. The summed E-state index contributed by atoms with van der Waals surface area (Å²) < 4.78 is 5.98. The quantitative estimate of drug-likeness (QED) is 0.872. The van der Waals surface area contributed by atoms with Gasteiger partial charge >= 0.3 is 0 Å². The molecule has 2 heteroatoms. The molecule has 0 saturated heterocycles. The molecule has 2 unspecified atom stereocenters. The highest BCUT2D eigenvalue weighted by Gasteiger charge is 2.12. The van der Waals surface area contributed by atoms with Gasteiger partial charge in [0.1, 0.15) is 5.75 Å². The van der Waals surface area contributed by atoms with Crippen molar-refractivity contribution in [1.82, 2.24) is 0 Å². The molecule has 0 spiro atoms. The van der Waals surface area contributed by atoms with Gasteiger partial charge < -0.3 is 9.84 Å². The van der Waals surface area contributed by atoms with Gasteiger partial charge in [-0.05, 0) is 31.0 Å². The molecule has 100 valence electrons. The van der Waals surface area contributed by atoms with Crippen LogP contribution in [-0.4, -0.2) is 11.2 Å². The minimum Gasteiger partial charge on any atom is -0.508 e. The first-order valence-corrected chi connectivity index (χ1v) is 6.64. The minimum absolute atomic E-state index is 0.0575. The molecule has 0 aromatic heterocycles. The molecule has 0 fully saturated rings. The molecule has 0 amide bonds. The first-order valence-electron chi connectivity index (χ1n) is 6.64. The van der Waals surface area contributed by atoms with E-state index in [0.29, 0.717) is 12.2 Å². The molecule has 0 bridgehead atoms. The van der Waals surface area contributed by atoms with Gasteiger partial charge in [0.2, 0.25) is 0 Å². The lowest BCUT2D eigenvalue weighted by atomic mass is 10.1. The molecular weight excluding hydrogens is 236 g/mol. The molecule has 2 aromatic rings. The van der Waals surface area contributed by atoms with Gasteiger partial charge in [-0.1, -0.05) is 48.5 Å². The topological polar surface area (TPSA) is 29.5 Å². The number of benzene rings is 2. The number of hydrogen-bond donors (Lipinski definition) is 1. The second-order valence-corrected chi connectivity index (χ2v) is 4.83. The summed E-state index contributed by atoms with van der Waals surface area (Å²) in [7, 11) is 0. The molecule has 0 saturated carbocycles. The summed E-state index contributed by atoms with van der Waals surface area (Å²) in [5, 5.41) is 9.76. The molecule has 0 aliphatic heterocycles.